The third-order valence-electron chi connectivity index (χ3n) is 7.06. The average Bonchev–Trinajstić information content (AvgIpc) is 2.90. The van der Waals surface area contributed by atoms with E-state index in [9.17, 15) is 19.2 Å². The molecule has 8 heteroatoms. The molecule has 1 unspecified atom stereocenters. The summed E-state index contributed by atoms with van der Waals surface area (Å²) in [6, 6.07) is 17.5. The van der Waals surface area contributed by atoms with Gasteiger partial charge in [-0.3, -0.25) is 14.5 Å². The Bertz CT molecular complexity index is 1330. The molecule has 0 aliphatic carbocycles. The summed E-state index contributed by atoms with van der Waals surface area (Å²) in [6.07, 6.45) is 0. The molecule has 2 amide bonds. The number of nitriles is 1. The highest BCUT2D eigenvalue weighted by atomic mass is 19.1. The van der Waals surface area contributed by atoms with Crippen molar-refractivity contribution in [2.24, 2.45) is 0 Å². The number of amides is 2. The number of halogens is 1. The zero-order valence-electron chi connectivity index (χ0n) is 20.7. The van der Waals surface area contributed by atoms with Gasteiger partial charge < -0.3 is 15.0 Å². The molecule has 1 aliphatic rings. The first kappa shape index (κ1) is 25.1. The quantitative estimate of drug-likeness (QED) is 0.574. The predicted octanol–water partition coefficient (Wildman–Crippen LogP) is 3.55. The molecule has 0 aromatic heterocycles. The number of methoxy groups -OCH3 is 1. The van der Waals surface area contributed by atoms with Gasteiger partial charge in [0.15, 0.2) is 0 Å². The van der Waals surface area contributed by atoms with Gasteiger partial charge in [-0.1, -0.05) is 36.4 Å². The zero-order chi connectivity index (χ0) is 25.9. The van der Waals surface area contributed by atoms with Gasteiger partial charge in [-0.15, -0.1) is 0 Å². The summed E-state index contributed by atoms with van der Waals surface area (Å²) >= 11 is 0. The minimum absolute atomic E-state index is 0.000987. The lowest BCUT2D eigenvalue weighted by Gasteiger charge is -2.45. The van der Waals surface area contributed by atoms with Crippen molar-refractivity contribution >= 4 is 22.6 Å². The Hall–Kier alpha value is -3.96. The number of fused-ring (bicyclic) bond motifs is 1. The average molecular weight is 489 g/mol. The maximum absolute atomic E-state index is 13.9. The molecule has 1 fully saturated rings. The molecule has 1 atom stereocenters. The van der Waals surface area contributed by atoms with Crippen LogP contribution in [0.5, 0.6) is 5.75 Å². The third kappa shape index (κ3) is 4.62. The van der Waals surface area contributed by atoms with Crippen LogP contribution in [0.3, 0.4) is 0 Å². The van der Waals surface area contributed by atoms with Crippen LogP contribution < -0.4 is 10.1 Å². The summed E-state index contributed by atoms with van der Waals surface area (Å²) in [5, 5.41) is 14.5. The Kier molecular flexibility index (Phi) is 7.22. The van der Waals surface area contributed by atoms with Crippen LogP contribution in [0.1, 0.15) is 30.5 Å². The number of hydrogen-bond donors (Lipinski definition) is 1. The van der Waals surface area contributed by atoms with Gasteiger partial charge in [0.1, 0.15) is 23.2 Å². The van der Waals surface area contributed by atoms with Gasteiger partial charge in [0, 0.05) is 45.2 Å². The van der Waals surface area contributed by atoms with E-state index in [0.717, 1.165) is 10.8 Å². The number of carbonyl (C=O) groups excluding carboxylic acids is 2. The molecule has 0 spiro atoms. The van der Waals surface area contributed by atoms with Gasteiger partial charge in [-0.2, -0.15) is 5.26 Å². The molecule has 7 nitrogen and oxygen atoms in total. The van der Waals surface area contributed by atoms with Gasteiger partial charge in [0.2, 0.25) is 11.8 Å². The number of rotatable bonds is 6. The van der Waals surface area contributed by atoms with Crippen molar-refractivity contribution in [2.75, 3.05) is 33.3 Å². The lowest BCUT2D eigenvalue weighted by Crippen LogP contribution is -2.60. The van der Waals surface area contributed by atoms with E-state index in [1.807, 2.05) is 36.1 Å². The van der Waals surface area contributed by atoms with E-state index < -0.39 is 5.54 Å². The summed E-state index contributed by atoms with van der Waals surface area (Å²) in [5.74, 6) is -0.222. The van der Waals surface area contributed by atoms with Crippen molar-refractivity contribution in [2.45, 2.75) is 25.9 Å². The summed E-state index contributed by atoms with van der Waals surface area (Å²) in [4.78, 5) is 29.5. The normalized spacial score (nSPS) is 15.7. The predicted molar refractivity (Wildman–Crippen MR) is 135 cm³/mol. The number of carbonyl (C=O) groups is 2. The number of hydrogen-bond acceptors (Lipinski definition) is 5. The van der Waals surface area contributed by atoms with E-state index >= 15 is 0 Å². The SMILES string of the molecule is COc1c(C#N)cc2ccccc2c1CNC(=O)C(C)(c1ccc(F)cc1)N1CCN(C(C)=O)CC1. The highest BCUT2D eigenvalue weighted by molar-refractivity contribution is 5.91. The molecule has 1 heterocycles. The summed E-state index contributed by atoms with van der Waals surface area (Å²) in [7, 11) is 1.51. The minimum Gasteiger partial charge on any atom is -0.495 e. The minimum atomic E-state index is -1.10. The molecular weight excluding hydrogens is 459 g/mol. The van der Waals surface area contributed by atoms with E-state index in [1.54, 1.807) is 23.1 Å². The first-order valence-electron chi connectivity index (χ1n) is 11.8. The lowest BCUT2D eigenvalue weighted by atomic mass is 9.87. The van der Waals surface area contributed by atoms with Crippen LogP contribution in [-0.4, -0.2) is 54.9 Å². The first-order chi connectivity index (χ1) is 17.3. The lowest BCUT2D eigenvalue weighted by molar-refractivity contribution is -0.138. The number of ether oxygens (including phenoxy) is 1. The second-order valence-electron chi connectivity index (χ2n) is 9.02. The molecule has 0 radical (unpaired) electrons. The molecule has 3 aromatic rings. The fraction of sp³-hybridized carbons (Fsp3) is 0.321. The van der Waals surface area contributed by atoms with Gasteiger partial charge in [-0.05, 0) is 41.5 Å². The summed E-state index contributed by atoms with van der Waals surface area (Å²) in [5.41, 5.74) is 0.651. The van der Waals surface area contributed by atoms with Crippen LogP contribution in [0, 0.1) is 17.1 Å². The van der Waals surface area contributed by atoms with Crippen molar-refractivity contribution in [3.05, 3.63) is 77.1 Å². The molecule has 0 bridgehead atoms. The molecule has 1 saturated heterocycles. The maximum Gasteiger partial charge on any atom is 0.245 e. The van der Waals surface area contributed by atoms with E-state index in [2.05, 4.69) is 11.4 Å². The molecule has 186 valence electrons. The monoisotopic (exact) mass is 488 g/mol. The van der Waals surface area contributed by atoms with Crippen LogP contribution in [0.4, 0.5) is 4.39 Å². The van der Waals surface area contributed by atoms with E-state index in [-0.39, 0.29) is 24.2 Å². The number of benzene rings is 3. The Balaban J connectivity index is 1.68. The van der Waals surface area contributed by atoms with E-state index in [1.165, 1.54) is 26.2 Å². The Morgan fingerprint density at radius 2 is 1.78 bits per heavy atom. The smallest absolute Gasteiger partial charge is 0.245 e. The van der Waals surface area contributed by atoms with Crippen molar-refractivity contribution < 1.29 is 18.7 Å². The van der Waals surface area contributed by atoms with Crippen LogP contribution in [0.15, 0.2) is 54.6 Å². The maximum atomic E-state index is 13.9. The van der Waals surface area contributed by atoms with Crippen molar-refractivity contribution in [1.82, 2.24) is 15.1 Å². The second-order valence-corrected chi connectivity index (χ2v) is 9.02. The van der Waals surface area contributed by atoms with Crippen LogP contribution in [0.2, 0.25) is 0 Å². The molecule has 1 N–H and O–H groups in total. The Morgan fingerprint density at radius 1 is 1.11 bits per heavy atom. The van der Waals surface area contributed by atoms with Crippen LogP contribution in [-0.2, 0) is 21.7 Å². The van der Waals surface area contributed by atoms with Crippen LogP contribution in [0.25, 0.3) is 10.8 Å². The zero-order valence-corrected chi connectivity index (χ0v) is 20.7. The Morgan fingerprint density at radius 3 is 2.39 bits per heavy atom. The van der Waals surface area contributed by atoms with Gasteiger partial charge >= 0.3 is 0 Å². The Labute approximate surface area is 210 Å². The van der Waals surface area contributed by atoms with Crippen molar-refractivity contribution in [1.29, 1.82) is 5.26 Å². The molecule has 0 saturated carbocycles. The van der Waals surface area contributed by atoms with Crippen LogP contribution >= 0.6 is 0 Å². The summed E-state index contributed by atoms with van der Waals surface area (Å²) in [6.45, 7) is 5.50. The fourth-order valence-electron chi connectivity index (χ4n) is 4.94. The van der Waals surface area contributed by atoms with Gasteiger partial charge in [-0.25, -0.2) is 4.39 Å². The first-order valence-corrected chi connectivity index (χ1v) is 11.8. The van der Waals surface area contributed by atoms with Crippen molar-refractivity contribution in [3.63, 3.8) is 0 Å². The highest BCUT2D eigenvalue weighted by Gasteiger charge is 2.42. The largest absolute Gasteiger partial charge is 0.495 e. The molecule has 4 rings (SSSR count). The molecule has 3 aromatic carbocycles. The third-order valence-corrected chi connectivity index (χ3v) is 7.06. The molecular formula is C28H29FN4O3. The second kappa shape index (κ2) is 10.3. The standard InChI is InChI=1S/C28H29FN4O3/c1-19(34)32-12-14-33(15-13-32)28(2,22-8-10-23(29)11-9-22)27(35)31-18-25-24-7-5-4-6-20(24)16-21(17-30)26(25)36-3/h4-11,16H,12-15,18H2,1-3H3,(H,31,35). The topological polar surface area (TPSA) is 85.7 Å². The number of nitrogens with zero attached hydrogens (tertiary/aromatic N) is 3. The van der Waals surface area contributed by atoms with E-state index in [4.69, 9.17) is 4.74 Å². The number of piperazine rings is 1. The number of nitrogens with one attached hydrogen (secondary N) is 1. The molecule has 36 heavy (non-hydrogen) atoms. The highest BCUT2D eigenvalue weighted by Crippen LogP contribution is 2.34. The van der Waals surface area contributed by atoms with Gasteiger partial charge in [0.05, 0.1) is 12.7 Å². The van der Waals surface area contributed by atoms with Crippen molar-refractivity contribution in [3.8, 4) is 11.8 Å². The molecule has 1 aliphatic heterocycles. The van der Waals surface area contributed by atoms with Gasteiger partial charge in [0.25, 0.3) is 0 Å². The summed E-state index contributed by atoms with van der Waals surface area (Å²) < 4.78 is 19.3. The van der Waals surface area contributed by atoms with E-state index in [0.29, 0.717) is 48.6 Å². The fourth-order valence-corrected chi connectivity index (χ4v) is 4.94.